The Labute approximate surface area is 126 Å². The molecule has 0 bridgehead atoms. The fourth-order valence-corrected chi connectivity index (χ4v) is 2.36. The molecule has 0 saturated carbocycles. The first-order valence-corrected chi connectivity index (χ1v) is 6.63. The number of carboxylic acid groups (broad SMARTS) is 1. The second-order valence-corrected chi connectivity index (χ2v) is 4.85. The summed E-state index contributed by atoms with van der Waals surface area (Å²) in [5, 5.41) is 11.8. The van der Waals surface area contributed by atoms with Gasteiger partial charge in [0.05, 0.1) is 12.7 Å². The quantitative estimate of drug-likeness (QED) is 0.854. The maximum absolute atomic E-state index is 12.1. The number of benzene rings is 2. The lowest BCUT2D eigenvalue weighted by atomic mass is 10.0. The van der Waals surface area contributed by atoms with Crippen LogP contribution >= 0.6 is 0 Å². The van der Waals surface area contributed by atoms with E-state index in [4.69, 9.17) is 9.84 Å². The van der Waals surface area contributed by atoms with E-state index in [1.807, 2.05) is 18.2 Å². The standard InChI is InChI=1S/C17H13NO4/c1-22-12-4-2-3-10(7-12)8-14-13-9-11(17(20)21)5-6-15(13)18-16(14)19/h2-9H,1H3,(H,18,19)(H,20,21)/b14-8+. The Bertz CT molecular complexity index is 808. The largest absolute Gasteiger partial charge is 0.497 e. The molecule has 0 spiro atoms. The summed E-state index contributed by atoms with van der Waals surface area (Å²) in [6, 6.07) is 11.9. The average molecular weight is 295 g/mol. The number of hydrogen-bond acceptors (Lipinski definition) is 3. The summed E-state index contributed by atoms with van der Waals surface area (Å²) in [6.45, 7) is 0. The van der Waals surface area contributed by atoms with Crippen LogP contribution in [0.5, 0.6) is 5.75 Å². The number of nitrogens with one attached hydrogen (secondary N) is 1. The Hall–Kier alpha value is -3.08. The highest BCUT2D eigenvalue weighted by molar-refractivity contribution is 6.35. The maximum atomic E-state index is 12.1. The minimum atomic E-state index is -1.03. The number of fused-ring (bicyclic) bond motifs is 1. The fourth-order valence-electron chi connectivity index (χ4n) is 2.36. The van der Waals surface area contributed by atoms with Crippen LogP contribution in [0.2, 0.25) is 0 Å². The molecule has 2 aromatic rings. The van der Waals surface area contributed by atoms with Crippen molar-refractivity contribution < 1.29 is 19.4 Å². The molecule has 22 heavy (non-hydrogen) atoms. The predicted octanol–water partition coefficient (Wildman–Crippen LogP) is 2.89. The van der Waals surface area contributed by atoms with Gasteiger partial charge in [0, 0.05) is 16.8 Å². The van der Waals surface area contributed by atoms with E-state index in [9.17, 15) is 9.59 Å². The summed E-state index contributed by atoms with van der Waals surface area (Å²) in [6.07, 6.45) is 1.72. The van der Waals surface area contributed by atoms with Crippen LogP contribution < -0.4 is 10.1 Å². The zero-order valence-corrected chi connectivity index (χ0v) is 11.8. The molecular weight excluding hydrogens is 282 g/mol. The van der Waals surface area contributed by atoms with E-state index in [1.54, 1.807) is 25.3 Å². The van der Waals surface area contributed by atoms with Crippen molar-refractivity contribution in [2.24, 2.45) is 0 Å². The Morgan fingerprint density at radius 3 is 2.77 bits per heavy atom. The number of methoxy groups -OCH3 is 1. The first-order chi connectivity index (χ1) is 10.6. The molecule has 0 radical (unpaired) electrons. The van der Waals surface area contributed by atoms with Crippen LogP contribution in [0, 0.1) is 0 Å². The van der Waals surface area contributed by atoms with Gasteiger partial charge in [0.2, 0.25) is 0 Å². The third kappa shape index (κ3) is 2.44. The maximum Gasteiger partial charge on any atom is 0.335 e. The summed E-state index contributed by atoms with van der Waals surface area (Å²) >= 11 is 0. The SMILES string of the molecule is COc1cccc(/C=C2/C(=O)Nc3ccc(C(=O)O)cc32)c1. The third-order valence-electron chi connectivity index (χ3n) is 3.45. The van der Waals surface area contributed by atoms with E-state index in [-0.39, 0.29) is 11.5 Å². The molecule has 0 aliphatic carbocycles. The van der Waals surface area contributed by atoms with Gasteiger partial charge >= 0.3 is 5.97 Å². The molecular formula is C17H13NO4. The van der Waals surface area contributed by atoms with E-state index in [0.717, 1.165) is 5.56 Å². The summed E-state index contributed by atoms with van der Waals surface area (Å²) in [7, 11) is 1.57. The van der Waals surface area contributed by atoms with Crippen molar-refractivity contribution in [3.8, 4) is 5.75 Å². The summed E-state index contributed by atoms with van der Waals surface area (Å²) in [5.74, 6) is -0.587. The van der Waals surface area contributed by atoms with Crippen LogP contribution in [0.3, 0.4) is 0 Å². The fraction of sp³-hybridized carbons (Fsp3) is 0.0588. The van der Waals surface area contributed by atoms with Gasteiger partial charge in [-0.1, -0.05) is 12.1 Å². The molecule has 110 valence electrons. The number of carbonyl (C=O) groups is 2. The van der Waals surface area contributed by atoms with E-state index in [1.165, 1.54) is 12.1 Å². The van der Waals surface area contributed by atoms with E-state index in [0.29, 0.717) is 22.6 Å². The van der Waals surface area contributed by atoms with Crippen molar-refractivity contribution in [3.63, 3.8) is 0 Å². The van der Waals surface area contributed by atoms with Crippen molar-refractivity contribution in [3.05, 3.63) is 59.2 Å². The van der Waals surface area contributed by atoms with Gasteiger partial charge in [-0.2, -0.15) is 0 Å². The number of hydrogen-bond donors (Lipinski definition) is 2. The highest BCUT2D eigenvalue weighted by atomic mass is 16.5. The van der Waals surface area contributed by atoms with Gasteiger partial charge in [0.25, 0.3) is 5.91 Å². The molecule has 1 amide bonds. The van der Waals surface area contributed by atoms with Crippen LogP contribution in [0.4, 0.5) is 5.69 Å². The van der Waals surface area contributed by atoms with E-state index >= 15 is 0 Å². The Kier molecular flexibility index (Phi) is 3.39. The first kappa shape index (κ1) is 13.9. The topological polar surface area (TPSA) is 75.6 Å². The molecule has 1 heterocycles. The molecule has 2 N–H and O–H groups in total. The average Bonchev–Trinajstić information content (AvgIpc) is 2.82. The molecule has 5 heteroatoms. The molecule has 3 rings (SSSR count). The van der Waals surface area contributed by atoms with Crippen LogP contribution in [0.25, 0.3) is 11.6 Å². The Morgan fingerprint density at radius 1 is 1.23 bits per heavy atom. The zero-order chi connectivity index (χ0) is 15.7. The third-order valence-corrected chi connectivity index (χ3v) is 3.45. The van der Waals surface area contributed by atoms with Crippen molar-refractivity contribution >= 4 is 29.2 Å². The summed E-state index contributed by atoms with van der Waals surface area (Å²) in [4.78, 5) is 23.2. The molecule has 0 fully saturated rings. The lowest BCUT2D eigenvalue weighted by Crippen LogP contribution is -2.03. The van der Waals surface area contributed by atoms with Crippen LogP contribution in [0.1, 0.15) is 21.5 Å². The number of aromatic carboxylic acids is 1. The second-order valence-electron chi connectivity index (χ2n) is 4.85. The summed E-state index contributed by atoms with van der Waals surface area (Å²) in [5.41, 5.74) is 2.59. The van der Waals surface area contributed by atoms with Crippen LogP contribution in [-0.4, -0.2) is 24.1 Å². The molecule has 5 nitrogen and oxygen atoms in total. The number of amides is 1. The lowest BCUT2D eigenvalue weighted by molar-refractivity contribution is -0.110. The van der Waals surface area contributed by atoms with Crippen molar-refractivity contribution in [2.45, 2.75) is 0 Å². The Balaban J connectivity index is 2.08. The number of carboxylic acids is 1. The molecule has 1 aliphatic heterocycles. The van der Waals surface area contributed by atoms with Gasteiger partial charge in [-0.25, -0.2) is 4.79 Å². The smallest absolute Gasteiger partial charge is 0.335 e. The lowest BCUT2D eigenvalue weighted by Gasteiger charge is -2.03. The van der Waals surface area contributed by atoms with Crippen LogP contribution in [-0.2, 0) is 4.79 Å². The minimum absolute atomic E-state index is 0.145. The molecule has 2 aromatic carbocycles. The first-order valence-electron chi connectivity index (χ1n) is 6.63. The van der Waals surface area contributed by atoms with Crippen LogP contribution in [0.15, 0.2) is 42.5 Å². The van der Waals surface area contributed by atoms with E-state index in [2.05, 4.69) is 5.32 Å². The number of anilines is 1. The van der Waals surface area contributed by atoms with Gasteiger partial charge in [-0.15, -0.1) is 0 Å². The zero-order valence-electron chi connectivity index (χ0n) is 11.8. The minimum Gasteiger partial charge on any atom is -0.497 e. The molecule has 0 aromatic heterocycles. The normalized spacial score (nSPS) is 14.6. The summed E-state index contributed by atoms with van der Waals surface area (Å²) < 4.78 is 5.16. The number of carbonyl (C=O) groups excluding carboxylic acids is 1. The van der Waals surface area contributed by atoms with Gasteiger partial charge in [0.15, 0.2) is 0 Å². The highest BCUT2D eigenvalue weighted by Gasteiger charge is 2.25. The van der Waals surface area contributed by atoms with Crippen molar-refractivity contribution in [1.29, 1.82) is 0 Å². The van der Waals surface area contributed by atoms with Crippen molar-refractivity contribution in [2.75, 3.05) is 12.4 Å². The monoisotopic (exact) mass is 295 g/mol. The van der Waals surface area contributed by atoms with E-state index < -0.39 is 5.97 Å². The molecule has 1 aliphatic rings. The molecule has 0 atom stereocenters. The van der Waals surface area contributed by atoms with Gasteiger partial charge < -0.3 is 15.2 Å². The second kappa shape index (κ2) is 5.37. The molecule has 0 saturated heterocycles. The van der Waals surface area contributed by atoms with Gasteiger partial charge in [0.1, 0.15) is 5.75 Å². The highest BCUT2D eigenvalue weighted by Crippen LogP contribution is 2.34. The molecule has 0 unspecified atom stereocenters. The number of rotatable bonds is 3. The van der Waals surface area contributed by atoms with Crippen molar-refractivity contribution in [1.82, 2.24) is 0 Å². The van der Waals surface area contributed by atoms with Gasteiger partial charge in [-0.05, 0) is 42.0 Å². The van der Waals surface area contributed by atoms with Gasteiger partial charge in [-0.3, -0.25) is 4.79 Å². The Morgan fingerprint density at radius 2 is 2.05 bits per heavy atom. The number of ether oxygens (including phenoxy) is 1. The predicted molar refractivity (Wildman–Crippen MR) is 82.9 cm³/mol.